The normalized spacial score (nSPS) is 12.3. The standard InChI is InChI=1S/C16H22N2O2/c1-3-19-16-7-6-13(10-15(16)17)9-12(2)18-11-14-5-4-8-20-14/h4-8,10,12,18H,3,9,11,17H2,1-2H3. The largest absolute Gasteiger partial charge is 0.492 e. The molecule has 0 aliphatic heterocycles. The van der Waals surface area contributed by atoms with Gasteiger partial charge in [0.25, 0.3) is 0 Å². The van der Waals surface area contributed by atoms with Crippen molar-refractivity contribution in [1.29, 1.82) is 0 Å². The van der Waals surface area contributed by atoms with Crippen LogP contribution in [0.2, 0.25) is 0 Å². The second kappa shape index (κ2) is 7.01. The molecule has 0 aliphatic rings. The van der Waals surface area contributed by atoms with Crippen molar-refractivity contribution in [2.24, 2.45) is 0 Å². The maximum atomic E-state index is 5.97. The summed E-state index contributed by atoms with van der Waals surface area (Å²) in [5.41, 5.74) is 7.87. The third-order valence-corrected chi connectivity index (χ3v) is 3.12. The van der Waals surface area contributed by atoms with Crippen LogP contribution in [0.25, 0.3) is 0 Å². The molecule has 0 fully saturated rings. The van der Waals surface area contributed by atoms with Crippen LogP contribution in [0, 0.1) is 0 Å². The Hall–Kier alpha value is -1.94. The quantitative estimate of drug-likeness (QED) is 0.762. The van der Waals surface area contributed by atoms with Crippen LogP contribution in [-0.2, 0) is 13.0 Å². The number of benzene rings is 1. The molecule has 1 aromatic carbocycles. The molecule has 2 aromatic rings. The first-order chi connectivity index (χ1) is 9.69. The van der Waals surface area contributed by atoms with E-state index in [1.165, 1.54) is 5.56 Å². The number of nitrogen functional groups attached to an aromatic ring is 1. The van der Waals surface area contributed by atoms with Gasteiger partial charge in [-0.25, -0.2) is 0 Å². The molecule has 0 bridgehead atoms. The van der Waals surface area contributed by atoms with E-state index in [0.717, 1.165) is 24.5 Å². The summed E-state index contributed by atoms with van der Waals surface area (Å²) in [6.45, 7) is 5.47. The van der Waals surface area contributed by atoms with Crippen LogP contribution in [0.5, 0.6) is 5.75 Å². The summed E-state index contributed by atoms with van der Waals surface area (Å²) < 4.78 is 10.7. The average Bonchev–Trinajstić information content (AvgIpc) is 2.93. The molecule has 1 unspecified atom stereocenters. The smallest absolute Gasteiger partial charge is 0.142 e. The van der Waals surface area contributed by atoms with Crippen molar-refractivity contribution in [2.75, 3.05) is 12.3 Å². The monoisotopic (exact) mass is 274 g/mol. The molecule has 0 saturated carbocycles. The van der Waals surface area contributed by atoms with Gasteiger partial charge < -0.3 is 20.2 Å². The van der Waals surface area contributed by atoms with Gasteiger partial charge in [-0.2, -0.15) is 0 Å². The number of nitrogens with two attached hydrogens (primary N) is 1. The average molecular weight is 274 g/mol. The zero-order valence-electron chi connectivity index (χ0n) is 12.1. The van der Waals surface area contributed by atoms with Crippen LogP contribution in [0.1, 0.15) is 25.2 Å². The van der Waals surface area contributed by atoms with Gasteiger partial charge in [-0.05, 0) is 50.1 Å². The van der Waals surface area contributed by atoms with Crippen LogP contribution < -0.4 is 15.8 Å². The molecule has 0 aliphatic carbocycles. The summed E-state index contributed by atoms with van der Waals surface area (Å²) in [6.07, 6.45) is 2.60. The first-order valence-corrected chi connectivity index (χ1v) is 6.96. The summed E-state index contributed by atoms with van der Waals surface area (Å²) >= 11 is 0. The number of nitrogens with one attached hydrogen (secondary N) is 1. The SMILES string of the molecule is CCOc1ccc(CC(C)NCc2ccco2)cc1N. The van der Waals surface area contributed by atoms with E-state index in [-0.39, 0.29) is 0 Å². The third-order valence-electron chi connectivity index (χ3n) is 3.12. The predicted octanol–water partition coefficient (Wildman–Crippen LogP) is 2.98. The van der Waals surface area contributed by atoms with Gasteiger partial charge in [0.05, 0.1) is 25.1 Å². The Kier molecular flexibility index (Phi) is 5.07. The second-order valence-corrected chi connectivity index (χ2v) is 4.87. The van der Waals surface area contributed by atoms with Crippen molar-refractivity contribution < 1.29 is 9.15 Å². The van der Waals surface area contributed by atoms with E-state index in [4.69, 9.17) is 14.9 Å². The molecule has 0 saturated heterocycles. The van der Waals surface area contributed by atoms with Crippen LogP contribution in [-0.4, -0.2) is 12.6 Å². The Morgan fingerprint density at radius 1 is 1.35 bits per heavy atom. The number of anilines is 1. The predicted molar refractivity (Wildman–Crippen MR) is 80.7 cm³/mol. The topological polar surface area (TPSA) is 60.4 Å². The molecule has 0 amide bonds. The zero-order chi connectivity index (χ0) is 14.4. The number of hydrogen-bond donors (Lipinski definition) is 2. The molecule has 2 rings (SSSR count). The fourth-order valence-corrected chi connectivity index (χ4v) is 2.13. The maximum Gasteiger partial charge on any atom is 0.142 e. The fourth-order valence-electron chi connectivity index (χ4n) is 2.13. The lowest BCUT2D eigenvalue weighted by Crippen LogP contribution is -2.27. The number of hydrogen-bond acceptors (Lipinski definition) is 4. The van der Waals surface area contributed by atoms with Gasteiger partial charge in [0, 0.05) is 6.04 Å². The van der Waals surface area contributed by atoms with Gasteiger partial charge in [-0.1, -0.05) is 6.07 Å². The fraction of sp³-hybridized carbons (Fsp3) is 0.375. The lowest BCUT2D eigenvalue weighted by atomic mass is 10.1. The highest BCUT2D eigenvalue weighted by atomic mass is 16.5. The van der Waals surface area contributed by atoms with E-state index >= 15 is 0 Å². The van der Waals surface area contributed by atoms with E-state index in [1.54, 1.807) is 6.26 Å². The van der Waals surface area contributed by atoms with Crippen molar-refractivity contribution in [3.63, 3.8) is 0 Å². The molecule has 1 aromatic heterocycles. The van der Waals surface area contributed by atoms with Crippen molar-refractivity contribution in [3.05, 3.63) is 47.9 Å². The Morgan fingerprint density at radius 3 is 2.85 bits per heavy atom. The van der Waals surface area contributed by atoms with E-state index in [9.17, 15) is 0 Å². The van der Waals surface area contributed by atoms with Gasteiger partial charge in [0.15, 0.2) is 0 Å². The first-order valence-electron chi connectivity index (χ1n) is 6.96. The van der Waals surface area contributed by atoms with Crippen LogP contribution in [0.3, 0.4) is 0 Å². The van der Waals surface area contributed by atoms with Gasteiger partial charge in [0.2, 0.25) is 0 Å². The van der Waals surface area contributed by atoms with Crippen LogP contribution in [0.15, 0.2) is 41.0 Å². The summed E-state index contributed by atoms with van der Waals surface area (Å²) in [5.74, 6) is 1.70. The zero-order valence-corrected chi connectivity index (χ0v) is 12.1. The second-order valence-electron chi connectivity index (χ2n) is 4.87. The highest BCUT2D eigenvalue weighted by Gasteiger charge is 2.07. The Morgan fingerprint density at radius 2 is 2.20 bits per heavy atom. The molecule has 3 N–H and O–H groups in total. The number of rotatable bonds is 7. The van der Waals surface area contributed by atoms with Crippen LogP contribution >= 0.6 is 0 Å². The Balaban J connectivity index is 1.87. The molecule has 4 nitrogen and oxygen atoms in total. The first kappa shape index (κ1) is 14.5. The summed E-state index contributed by atoms with van der Waals surface area (Å²) in [7, 11) is 0. The molecular weight excluding hydrogens is 252 g/mol. The minimum atomic E-state index is 0.345. The Bertz CT molecular complexity index is 523. The van der Waals surface area contributed by atoms with Gasteiger partial charge in [-0.3, -0.25) is 0 Å². The molecule has 4 heteroatoms. The van der Waals surface area contributed by atoms with E-state index < -0.39 is 0 Å². The highest BCUT2D eigenvalue weighted by molar-refractivity contribution is 5.54. The molecule has 0 radical (unpaired) electrons. The van der Waals surface area contributed by atoms with Crippen molar-refractivity contribution in [1.82, 2.24) is 5.32 Å². The molecule has 108 valence electrons. The number of furan rings is 1. The summed E-state index contributed by atoms with van der Waals surface area (Å²) in [6, 6.07) is 10.2. The van der Waals surface area contributed by atoms with Gasteiger partial charge in [-0.15, -0.1) is 0 Å². The van der Waals surface area contributed by atoms with E-state index in [2.05, 4.69) is 18.3 Å². The van der Waals surface area contributed by atoms with Crippen molar-refractivity contribution in [2.45, 2.75) is 32.9 Å². The minimum absolute atomic E-state index is 0.345. The molecular formula is C16H22N2O2. The third kappa shape index (κ3) is 4.03. The molecule has 1 heterocycles. The maximum absolute atomic E-state index is 5.97. The molecule has 1 atom stereocenters. The van der Waals surface area contributed by atoms with Crippen LogP contribution in [0.4, 0.5) is 5.69 Å². The van der Waals surface area contributed by atoms with E-state index in [0.29, 0.717) is 18.3 Å². The summed E-state index contributed by atoms with van der Waals surface area (Å²) in [5, 5.41) is 3.43. The van der Waals surface area contributed by atoms with E-state index in [1.807, 2.05) is 31.2 Å². The lowest BCUT2D eigenvalue weighted by Gasteiger charge is -2.14. The van der Waals surface area contributed by atoms with Gasteiger partial charge >= 0.3 is 0 Å². The summed E-state index contributed by atoms with van der Waals surface area (Å²) in [4.78, 5) is 0. The van der Waals surface area contributed by atoms with Gasteiger partial charge in [0.1, 0.15) is 11.5 Å². The lowest BCUT2D eigenvalue weighted by molar-refractivity contribution is 0.342. The molecule has 20 heavy (non-hydrogen) atoms. The van der Waals surface area contributed by atoms with Crippen molar-refractivity contribution >= 4 is 5.69 Å². The number of ether oxygens (including phenoxy) is 1. The molecule has 0 spiro atoms. The Labute approximate surface area is 119 Å². The minimum Gasteiger partial charge on any atom is -0.492 e. The highest BCUT2D eigenvalue weighted by Crippen LogP contribution is 2.23. The van der Waals surface area contributed by atoms with Crippen molar-refractivity contribution in [3.8, 4) is 5.75 Å².